The SMILES string of the molecule is O=C(NC[C@@H](c1ccccc1)N1CCCCC1)C1(c2ccccc2F)CCOCC1. The maximum atomic E-state index is 14.7. The van der Waals surface area contributed by atoms with Crippen molar-refractivity contribution in [2.24, 2.45) is 0 Å². The number of rotatable bonds is 6. The number of ether oxygens (including phenoxy) is 1. The van der Waals surface area contributed by atoms with E-state index in [0.29, 0.717) is 38.2 Å². The molecule has 1 amide bonds. The van der Waals surface area contributed by atoms with Crippen molar-refractivity contribution in [1.82, 2.24) is 10.2 Å². The fraction of sp³-hybridized carbons (Fsp3) is 0.480. The van der Waals surface area contributed by atoms with Gasteiger partial charge in [-0.25, -0.2) is 4.39 Å². The lowest BCUT2D eigenvalue weighted by Gasteiger charge is -2.38. The summed E-state index contributed by atoms with van der Waals surface area (Å²) in [6, 6.07) is 17.2. The molecule has 0 aliphatic carbocycles. The molecule has 0 unspecified atom stereocenters. The van der Waals surface area contributed by atoms with Crippen LogP contribution < -0.4 is 5.32 Å². The maximum absolute atomic E-state index is 14.7. The molecular weight excluding hydrogens is 379 g/mol. The van der Waals surface area contributed by atoms with Crippen LogP contribution in [0.1, 0.15) is 49.3 Å². The van der Waals surface area contributed by atoms with Crippen molar-refractivity contribution in [2.75, 3.05) is 32.8 Å². The van der Waals surface area contributed by atoms with Crippen molar-refractivity contribution in [1.29, 1.82) is 0 Å². The van der Waals surface area contributed by atoms with E-state index < -0.39 is 5.41 Å². The van der Waals surface area contributed by atoms with Gasteiger partial charge in [0.15, 0.2) is 0 Å². The maximum Gasteiger partial charge on any atom is 0.231 e. The number of carbonyl (C=O) groups is 1. The average Bonchev–Trinajstić information content (AvgIpc) is 2.81. The first-order chi connectivity index (χ1) is 14.7. The number of benzene rings is 2. The van der Waals surface area contributed by atoms with Crippen LogP contribution in [0, 0.1) is 5.82 Å². The van der Waals surface area contributed by atoms with Crippen molar-refractivity contribution in [3.05, 3.63) is 71.5 Å². The Morgan fingerprint density at radius 1 is 1.00 bits per heavy atom. The number of nitrogens with one attached hydrogen (secondary N) is 1. The first-order valence-electron chi connectivity index (χ1n) is 11.1. The average molecular weight is 411 g/mol. The lowest BCUT2D eigenvalue weighted by atomic mass is 9.73. The van der Waals surface area contributed by atoms with E-state index in [2.05, 4.69) is 22.3 Å². The number of halogens is 1. The Hall–Kier alpha value is -2.24. The first-order valence-corrected chi connectivity index (χ1v) is 11.1. The fourth-order valence-corrected chi connectivity index (χ4v) is 4.91. The summed E-state index contributed by atoms with van der Waals surface area (Å²) >= 11 is 0. The quantitative estimate of drug-likeness (QED) is 0.775. The highest BCUT2D eigenvalue weighted by molar-refractivity contribution is 5.88. The highest BCUT2D eigenvalue weighted by atomic mass is 19.1. The summed E-state index contributed by atoms with van der Waals surface area (Å²) in [7, 11) is 0. The molecule has 0 radical (unpaired) electrons. The second kappa shape index (κ2) is 9.71. The molecule has 0 spiro atoms. The molecule has 2 aromatic rings. The van der Waals surface area contributed by atoms with E-state index in [1.807, 2.05) is 24.3 Å². The van der Waals surface area contributed by atoms with E-state index in [9.17, 15) is 9.18 Å². The Morgan fingerprint density at radius 2 is 1.67 bits per heavy atom. The molecule has 160 valence electrons. The van der Waals surface area contributed by atoms with Gasteiger partial charge in [0, 0.05) is 25.3 Å². The van der Waals surface area contributed by atoms with Gasteiger partial charge in [0.05, 0.1) is 11.5 Å². The van der Waals surface area contributed by atoms with Crippen LogP contribution in [-0.4, -0.2) is 43.7 Å². The summed E-state index contributed by atoms with van der Waals surface area (Å²) in [6.07, 6.45) is 4.64. The highest BCUT2D eigenvalue weighted by Gasteiger charge is 2.43. The van der Waals surface area contributed by atoms with Gasteiger partial charge < -0.3 is 10.1 Å². The topological polar surface area (TPSA) is 41.6 Å². The number of carbonyl (C=O) groups excluding carboxylic acids is 1. The van der Waals surface area contributed by atoms with E-state index in [1.54, 1.807) is 12.1 Å². The Morgan fingerprint density at radius 3 is 2.37 bits per heavy atom. The Bertz CT molecular complexity index is 830. The summed E-state index contributed by atoms with van der Waals surface area (Å²) in [4.78, 5) is 16.0. The van der Waals surface area contributed by atoms with E-state index in [1.165, 1.54) is 30.9 Å². The van der Waals surface area contributed by atoms with Crippen LogP contribution in [0.5, 0.6) is 0 Å². The first kappa shape index (κ1) is 21.0. The minimum absolute atomic E-state index is 0.0890. The lowest BCUT2D eigenvalue weighted by molar-refractivity contribution is -0.131. The molecule has 2 aromatic carbocycles. The van der Waals surface area contributed by atoms with Crippen molar-refractivity contribution >= 4 is 5.91 Å². The van der Waals surface area contributed by atoms with Gasteiger partial charge in [0.2, 0.25) is 5.91 Å². The predicted molar refractivity (Wildman–Crippen MR) is 116 cm³/mol. The van der Waals surface area contributed by atoms with Crippen LogP contribution >= 0.6 is 0 Å². The number of amides is 1. The van der Waals surface area contributed by atoms with Crippen LogP contribution in [0.4, 0.5) is 4.39 Å². The van der Waals surface area contributed by atoms with Gasteiger partial charge in [-0.3, -0.25) is 9.69 Å². The molecule has 5 heteroatoms. The third-order valence-electron chi connectivity index (χ3n) is 6.64. The molecule has 2 saturated heterocycles. The van der Waals surface area contributed by atoms with Gasteiger partial charge in [0.1, 0.15) is 5.82 Å². The molecule has 2 heterocycles. The zero-order chi connectivity index (χ0) is 20.8. The summed E-state index contributed by atoms with van der Waals surface area (Å²) < 4.78 is 20.2. The van der Waals surface area contributed by atoms with E-state index in [0.717, 1.165) is 13.1 Å². The second-order valence-corrected chi connectivity index (χ2v) is 8.41. The number of piperidine rings is 1. The number of nitrogens with zero attached hydrogens (tertiary/aromatic N) is 1. The smallest absolute Gasteiger partial charge is 0.231 e. The molecule has 4 rings (SSSR count). The molecule has 2 aliphatic heterocycles. The molecule has 2 aliphatic rings. The van der Waals surface area contributed by atoms with Crippen LogP contribution in [-0.2, 0) is 14.9 Å². The van der Waals surface area contributed by atoms with Crippen molar-refractivity contribution in [3.8, 4) is 0 Å². The van der Waals surface area contributed by atoms with E-state index >= 15 is 0 Å². The van der Waals surface area contributed by atoms with Gasteiger partial charge >= 0.3 is 0 Å². The number of likely N-dealkylation sites (tertiary alicyclic amines) is 1. The normalized spacial score (nSPS) is 20.4. The van der Waals surface area contributed by atoms with E-state index in [-0.39, 0.29) is 17.8 Å². The van der Waals surface area contributed by atoms with Crippen LogP contribution in [0.2, 0.25) is 0 Å². The third kappa shape index (κ3) is 4.42. The Kier molecular flexibility index (Phi) is 6.80. The largest absolute Gasteiger partial charge is 0.381 e. The predicted octanol–water partition coefficient (Wildman–Crippen LogP) is 4.22. The lowest BCUT2D eigenvalue weighted by Crippen LogP contribution is -2.50. The Balaban J connectivity index is 1.56. The molecule has 0 saturated carbocycles. The summed E-state index contributed by atoms with van der Waals surface area (Å²) in [6.45, 7) is 3.55. The molecule has 0 bridgehead atoms. The molecule has 4 nitrogen and oxygen atoms in total. The van der Waals surface area contributed by atoms with Crippen LogP contribution in [0.25, 0.3) is 0 Å². The highest BCUT2D eigenvalue weighted by Crippen LogP contribution is 2.37. The molecule has 1 atom stereocenters. The van der Waals surface area contributed by atoms with Gasteiger partial charge in [-0.1, -0.05) is 55.0 Å². The summed E-state index contributed by atoms with van der Waals surface area (Å²) in [5, 5.41) is 3.21. The summed E-state index contributed by atoms with van der Waals surface area (Å²) in [5.41, 5.74) is 0.832. The number of hydrogen-bond donors (Lipinski definition) is 1. The van der Waals surface area contributed by atoms with Gasteiger partial charge in [0.25, 0.3) is 0 Å². The van der Waals surface area contributed by atoms with Gasteiger partial charge in [-0.2, -0.15) is 0 Å². The standard InChI is InChI=1S/C25H31FN2O2/c26-22-12-6-5-11-21(22)25(13-17-30-18-14-25)24(29)27-19-23(20-9-3-1-4-10-20)28-15-7-2-8-16-28/h1,3-6,9-12,23H,2,7-8,13-19H2,(H,27,29)/t23-/m0/s1. The zero-order valence-corrected chi connectivity index (χ0v) is 17.5. The Labute approximate surface area is 178 Å². The molecule has 30 heavy (non-hydrogen) atoms. The minimum Gasteiger partial charge on any atom is -0.381 e. The molecule has 1 N–H and O–H groups in total. The van der Waals surface area contributed by atoms with Gasteiger partial charge in [-0.05, 0) is 50.4 Å². The van der Waals surface area contributed by atoms with Gasteiger partial charge in [-0.15, -0.1) is 0 Å². The van der Waals surface area contributed by atoms with Crippen molar-refractivity contribution in [3.63, 3.8) is 0 Å². The summed E-state index contributed by atoms with van der Waals surface area (Å²) in [5.74, 6) is -0.404. The van der Waals surface area contributed by atoms with Crippen LogP contribution in [0.15, 0.2) is 54.6 Å². The monoisotopic (exact) mass is 410 g/mol. The van der Waals surface area contributed by atoms with Crippen LogP contribution in [0.3, 0.4) is 0 Å². The minimum atomic E-state index is -0.868. The second-order valence-electron chi connectivity index (χ2n) is 8.41. The van der Waals surface area contributed by atoms with E-state index in [4.69, 9.17) is 4.74 Å². The number of hydrogen-bond acceptors (Lipinski definition) is 3. The van der Waals surface area contributed by atoms with Crippen molar-refractivity contribution in [2.45, 2.75) is 43.6 Å². The zero-order valence-electron chi connectivity index (χ0n) is 17.5. The third-order valence-corrected chi connectivity index (χ3v) is 6.64. The molecule has 2 fully saturated rings. The van der Waals surface area contributed by atoms with Crippen molar-refractivity contribution < 1.29 is 13.9 Å². The molecular formula is C25H31FN2O2. The fourth-order valence-electron chi connectivity index (χ4n) is 4.91. The molecule has 0 aromatic heterocycles.